The van der Waals surface area contributed by atoms with Gasteiger partial charge in [0.15, 0.2) is 0 Å². The minimum Gasteiger partial charge on any atom is -0.477 e. The number of hydrogen-bond acceptors (Lipinski definition) is 6. The van der Waals surface area contributed by atoms with Crippen molar-refractivity contribution in [3.8, 4) is 0 Å². The van der Waals surface area contributed by atoms with E-state index in [-0.39, 0.29) is 46.8 Å². The van der Waals surface area contributed by atoms with E-state index in [4.69, 9.17) is 5.73 Å². The minimum absolute atomic E-state index is 0. The number of hydrogen-bond donors (Lipinski definition) is 4. The molecule has 0 aromatic heterocycles. The topological polar surface area (TPSA) is 116 Å². The molecule has 154 valence electrons. The van der Waals surface area contributed by atoms with Gasteiger partial charge in [-0.1, -0.05) is 6.92 Å². The molecule has 0 spiro atoms. The Hall–Kier alpha value is -0.800. The molecule has 0 aromatic carbocycles. The first kappa shape index (κ1) is 22.5. The zero-order chi connectivity index (χ0) is 19.4. The smallest absolute Gasteiger partial charge is 0.353 e. The fraction of sp³-hybridized carbons (Fsp3) is 0.778. The number of fused-ring (bicyclic) bond motifs is 1. The van der Waals surface area contributed by atoms with Crippen LogP contribution in [0.5, 0.6) is 0 Å². The van der Waals surface area contributed by atoms with E-state index in [0.717, 1.165) is 24.3 Å². The lowest BCUT2D eigenvalue weighted by molar-refractivity contribution is -0.163. The Morgan fingerprint density at radius 3 is 2.63 bits per heavy atom. The second-order valence-electron chi connectivity index (χ2n) is 8.55. The number of β-lactam (4-membered cyclic amide) rings is 1. The van der Waals surface area contributed by atoms with E-state index in [1.54, 1.807) is 18.7 Å². The molecule has 0 bridgehead atoms. The summed E-state index contributed by atoms with van der Waals surface area (Å²) in [6, 6.07) is 0.0752. The van der Waals surface area contributed by atoms with Gasteiger partial charge >= 0.3 is 5.97 Å². The molecule has 7 nitrogen and oxygen atoms in total. The molecule has 1 amide bonds. The molecule has 3 heterocycles. The Morgan fingerprint density at radius 1 is 1.48 bits per heavy atom. The summed E-state index contributed by atoms with van der Waals surface area (Å²) in [6.45, 7) is 8.37. The molecule has 2 fully saturated rings. The molecule has 3 rings (SSSR count). The Balaban J connectivity index is 0.00000261. The van der Waals surface area contributed by atoms with Gasteiger partial charge in [0.25, 0.3) is 0 Å². The van der Waals surface area contributed by atoms with Gasteiger partial charge in [-0.25, -0.2) is 4.79 Å². The number of carbonyl (C=O) groups excluding carboxylic acids is 1. The van der Waals surface area contributed by atoms with E-state index >= 15 is 0 Å². The number of thioether (sulfide) groups is 1. The molecule has 5 N–H and O–H groups in total. The highest BCUT2D eigenvalue weighted by Crippen LogP contribution is 2.51. The third-order valence-electron chi connectivity index (χ3n) is 5.56. The van der Waals surface area contributed by atoms with Crippen molar-refractivity contribution in [2.24, 2.45) is 17.6 Å². The van der Waals surface area contributed by atoms with Crippen LogP contribution < -0.4 is 11.1 Å². The number of nitrogens with two attached hydrogens (primary N) is 1. The molecule has 3 aliphatic heterocycles. The van der Waals surface area contributed by atoms with Gasteiger partial charge in [-0.15, -0.1) is 24.2 Å². The predicted octanol–water partition coefficient (Wildman–Crippen LogP) is 1.15. The summed E-state index contributed by atoms with van der Waals surface area (Å²) < 4.78 is 0. The molecular formula is C18H30ClN3O4S. The maximum atomic E-state index is 12.4. The van der Waals surface area contributed by atoms with Crippen molar-refractivity contribution in [1.82, 2.24) is 10.2 Å². The quantitative estimate of drug-likeness (QED) is 0.477. The van der Waals surface area contributed by atoms with Crippen molar-refractivity contribution >= 4 is 36.0 Å². The largest absolute Gasteiger partial charge is 0.477 e. The van der Waals surface area contributed by atoms with E-state index in [0.29, 0.717) is 6.04 Å². The molecule has 0 aliphatic carbocycles. The van der Waals surface area contributed by atoms with E-state index < -0.39 is 18.0 Å². The van der Waals surface area contributed by atoms with Gasteiger partial charge in [-0.2, -0.15) is 0 Å². The third-order valence-corrected chi connectivity index (χ3v) is 7.07. The zero-order valence-electron chi connectivity index (χ0n) is 16.1. The van der Waals surface area contributed by atoms with Crippen molar-refractivity contribution in [1.29, 1.82) is 0 Å². The molecule has 27 heavy (non-hydrogen) atoms. The summed E-state index contributed by atoms with van der Waals surface area (Å²) in [5, 5.41) is 23.3. The second kappa shape index (κ2) is 7.91. The standard InChI is InChI=1S/C18H29N3O4S.ClH/c1-8-13-12(9(2)22)16(23)21(13)14(17(24)25)15(8)26-11-5-10(20-7-11)6-18(3,4)19;/h8-13,20,22H,5-7,19H2,1-4H3,(H,24,25);1H/t8-,9-,10+,11+,12-,13-;/m1./s1. The van der Waals surface area contributed by atoms with Crippen molar-refractivity contribution in [3.05, 3.63) is 10.6 Å². The minimum atomic E-state index is -1.06. The molecular weight excluding hydrogens is 390 g/mol. The number of carbonyl (C=O) groups is 2. The van der Waals surface area contributed by atoms with Crippen LogP contribution in [0, 0.1) is 11.8 Å². The third kappa shape index (κ3) is 4.15. The Bertz CT molecular complexity index is 649. The number of rotatable bonds is 6. The van der Waals surface area contributed by atoms with E-state index in [9.17, 15) is 19.8 Å². The van der Waals surface area contributed by atoms with Gasteiger partial charge in [0, 0.05) is 34.2 Å². The fourth-order valence-corrected chi connectivity index (χ4v) is 6.04. The number of aliphatic carboxylic acids is 1. The molecule has 0 saturated carbocycles. The van der Waals surface area contributed by atoms with E-state index in [1.807, 2.05) is 20.8 Å². The number of amides is 1. The second-order valence-corrected chi connectivity index (χ2v) is 9.89. The first-order valence-corrected chi connectivity index (χ1v) is 10.1. The maximum absolute atomic E-state index is 12.4. The maximum Gasteiger partial charge on any atom is 0.353 e. The summed E-state index contributed by atoms with van der Waals surface area (Å²) in [6.07, 6.45) is 1.02. The molecule has 0 aromatic rings. The SMILES string of the molecule is C[C@@H](O)[C@H]1C(=O)N2C(C(=O)O)=C(S[C@@H]3CN[C@H](CC(C)(C)N)C3)[C@H](C)[C@H]12.Cl. The van der Waals surface area contributed by atoms with Crippen LogP contribution in [0.2, 0.25) is 0 Å². The lowest BCUT2D eigenvalue weighted by Crippen LogP contribution is -2.63. The number of aliphatic hydroxyl groups excluding tert-OH is 1. The molecule has 2 saturated heterocycles. The summed E-state index contributed by atoms with van der Waals surface area (Å²) >= 11 is 1.57. The van der Waals surface area contributed by atoms with Crippen LogP contribution >= 0.6 is 24.2 Å². The number of nitrogens with one attached hydrogen (secondary N) is 1. The first-order chi connectivity index (χ1) is 12.0. The number of carboxylic acids is 1. The average Bonchev–Trinajstić information content (AvgIpc) is 3.00. The summed E-state index contributed by atoms with van der Waals surface area (Å²) in [5.41, 5.74) is 5.97. The lowest BCUT2D eigenvalue weighted by atomic mass is 9.79. The number of carboxylic acid groups (broad SMARTS) is 1. The number of nitrogens with zero attached hydrogens (tertiary/aromatic N) is 1. The zero-order valence-corrected chi connectivity index (χ0v) is 17.8. The van der Waals surface area contributed by atoms with Gasteiger partial charge in [-0.05, 0) is 33.6 Å². The summed E-state index contributed by atoms with van der Waals surface area (Å²) in [5.74, 6) is -1.93. The fourth-order valence-electron chi connectivity index (χ4n) is 4.52. The van der Waals surface area contributed by atoms with Gasteiger partial charge in [-0.3, -0.25) is 4.79 Å². The molecule has 0 unspecified atom stereocenters. The predicted molar refractivity (Wildman–Crippen MR) is 108 cm³/mol. The Kier molecular flexibility index (Phi) is 6.59. The van der Waals surface area contributed by atoms with Crippen LogP contribution in [0.1, 0.15) is 40.5 Å². The highest BCUT2D eigenvalue weighted by Gasteiger charge is 2.60. The summed E-state index contributed by atoms with van der Waals surface area (Å²) in [4.78, 5) is 26.4. The average molecular weight is 420 g/mol. The van der Waals surface area contributed by atoms with E-state index in [2.05, 4.69) is 5.32 Å². The van der Waals surface area contributed by atoms with Crippen molar-refractivity contribution < 1.29 is 19.8 Å². The van der Waals surface area contributed by atoms with Gasteiger partial charge in [0.1, 0.15) is 5.70 Å². The van der Waals surface area contributed by atoms with E-state index in [1.165, 1.54) is 4.90 Å². The summed E-state index contributed by atoms with van der Waals surface area (Å²) in [7, 11) is 0. The number of halogens is 1. The molecule has 9 heteroatoms. The Labute approximate surface area is 170 Å². The van der Waals surface area contributed by atoms with Crippen molar-refractivity contribution in [3.63, 3.8) is 0 Å². The lowest BCUT2D eigenvalue weighted by Gasteiger charge is -2.46. The van der Waals surface area contributed by atoms with Gasteiger partial charge < -0.3 is 26.2 Å². The molecule has 0 radical (unpaired) electrons. The van der Waals surface area contributed by atoms with Crippen LogP contribution in [0.25, 0.3) is 0 Å². The first-order valence-electron chi connectivity index (χ1n) is 9.18. The normalized spacial score (nSPS) is 34.2. The number of aliphatic hydroxyl groups is 1. The monoisotopic (exact) mass is 419 g/mol. The van der Waals surface area contributed by atoms with Crippen LogP contribution in [-0.4, -0.2) is 62.5 Å². The van der Waals surface area contributed by atoms with Crippen molar-refractivity contribution in [2.75, 3.05) is 6.54 Å². The highest BCUT2D eigenvalue weighted by molar-refractivity contribution is 8.03. The Morgan fingerprint density at radius 2 is 2.11 bits per heavy atom. The van der Waals surface area contributed by atoms with Gasteiger partial charge in [0.05, 0.1) is 18.1 Å². The van der Waals surface area contributed by atoms with Crippen LogP contribution in [-0.2, 0) is 9.59 Å². The molecule has 6 atom stereocenters. The van der Waals surface area contributed by atoms with Gasteiger partial charge in [0.2, 0.25) is 5.91 Å². The highest BCUT2D eigenvalue weighted by atomic mass is 35.5. The van der Waals surface area contributed by atoms with Crippen LogP contribution in [0.15, 0.2) is 10.6 Å². The van der Waals surface area contributed by atoms with Crippen LogP contribution in [0.3, 0.4) is 0 Å². The molecule has 3 aliphatic rings. The van der Waals surface area contributed by atoms with Crippen molar-refractivity contribution in [2.45, 2.75) is 69.5 Å². The van der Waals surface area contributed by atoms with Crippen LogP contribution in [0.4, 0.5) is 0 Å².